The maximum absolute atomic E-state index is 12.1. The first-order chi connectivity index (χ1) is 8.52. The third-order valence-corrected chi connectivity index (χ3v) is 4.46. The highest BCUT2D eigenvalue weighted by Crippen LogP contribution is 2.15. The quantitative estimate of drug-likeness (QED) is 0.773. The van der Waals surface area contributed by atoms with E-state index in [1.165, 1.54) is 28.6 Å². The van der Waals surface area contributed by atoms with Gasteiger partial charge in [-0.3, -0.25) is 0 Å². The summed E-state index contributed by atoms with van der Waals surface area (Å²) in [6.07, 6.45) is 0.752. The first-order valence-electron chi connectivity index (χ1n) is 5.63. The summed E-state index contributed by atoms with van der Waals surface area (Å²) in [6.45, 7) is 1.23. The molecule has 0 atom stereocenters. The minimum atomic E-state index is -3.45. The van der Waals surface area contributed by atoms with E-state index in [2.05, 4.69) is 5.32 Å². The molecule has 0 spiro atoms. The highest BCUT2D eigenvalue weighted by molar-refractivity contribution is 7.89. The first kappa shape index (κ1) is 14.6. The summed E-state index contributed by atoms with van der Waals surface area (Å²) in [5, 5.41) is 11.6. The summed E-state index contributed by atoms with van der Waals surface area (Å²) in [6, 6.07) is 7.90. The van der Waals surface area contributed by atoms with Gasteiger partial charge in [0.25, 0.3) is 0 Å². The second-order valence-corrected chi connectivity index (χ2v) is 5.96. The Hall–Kier alpha value is -1.42. The van der Waals surface area contributed by atoms with Gasteiger partial charge in [-0.1, -0.05) is 0 Å². The molecule has 18 heavy (non-hydrogen) atoms. The molecule has 1 aromatic rings. The van der Waals surface area contributed by atoms with E-state index >= 15 is 0 Å². The van der Waals surface area contributed by atoms with Crippen LogP contribution in [0.2, 0.25) is 0 Å². The number of nitrogens with zero attached hydrogens (tertiary/aromatic N) is 2. The Morgan fingerprint density at radius 1 is 1.33 bits per heavy atom. The van der Waals surface area contributed by atoms with Crippen LogP contribution in [-0.4, -0.2) is 39.9 Å². The number of rotatable bonds is 6. The normalized spacial score (nSPS) is 11.4. The molecule has 1 aromatic carbocycles. The number of hydrogen-bond acceptors (Lipinski definition) is 4. The molecule has 0 aliphatic rings. The maximum Gasteiger partial charge on any atom is 0.242 e. The molecule has 0 saturated heterocycles. The molecular formula is C12H17N3O2S. The lowest BCUT2D eigenvalue weighted by atomic mass is 10.2. The van der Waals surface area contributed by atoms with Crippen molar-refractivity contribution in [3.05, 3.63) is 29.8 Å². The zero-order valence-corrected chi connectivity index (χ0v) is 11.4. The van der Waals surface area contributed by atoms with E-state index in [0.29, 0.717) is 12.1 Å². The zero-order chi connectivity index (χ0) is 13.6. The van der Waals surface area contributed by atoms with Gasteiger partial charge < -0.3 is 5.32 Å². The zero-order valence-electron chi connectivity index (χ0n) is 10.5. The molecule has 0 bridgehead atoms. The van der Waals surface area contributed by atoms with Crippen LogP contribution < -0.4 is 5.32 Å². The average molecular weight is 267 g/mol. The van der Waals surface area contributed by atoms with Crippen molar-refractivity contribution in [2.24, 2.45) is 0 Å². The highest BCUT2D eigenvalue weighted by Gasteiger charge is 2.19. The number of sulfonamides is 1. The fourth-order valence-corrected chi connectivity index (χ4v) is 2.69. The predicted octanol–water partition coefficient (Wildman–Crippen LogP) is 0.788. The summed E-state index contributed by atoms with van der Waals surface area (Å²) in [5.74, 6) is 0. The Morgan fingerprint density at radius 2 is 1.94 bits per heavy atom. The predicted molar refractivity (Wildman–Crippen MR) is 69.5 cm³/mol. The number of benzene rings is 1. The summed E-state index contributed by atoms with van der Waals surface area (Å²) in [7, 11) is -0.0611. The van der Waals surface area contributed by atoms with Crippen LogP contribution in [0.15, 0.2) is 29.2 Å². The van der Waals surface area contributed by atoms with Crippen molar-refractivity contribution in [1.82, 2.24) is 9.62 Å². The van der Waals surface area contributed by atoms with Crippen LogP contribution in [0.4, 0.5) is 0 Å². The molecule has 0 aromatic heterocycles. The fourth-order valence-electron chi connectivity index (χ4n) is 1.48. The van der Waals surface area contributed by atoms with Crippen molar-refractivity contribution in [3.8, 4) is 6.07 Å². The Labute approximate surface area is 108 Å². The van der Waals surface area contributed by atoms with E-state index in [1.54, 1.807) is 7.05 Å². The van der Waals surface area contributed by atoms with Crippen molar-refractivity contribution in [1.29, 1.82) is 5.26 Å². The standard InChI is InChI=1S/C12H17N3O2S/c1-14-8-3-9-15(2)18(16,17)12-6-4-11(10-13)5-7-12/h4-7,14H,3,8-9H2,1-2H3. The number of hydrogen-bond donors (Lipinski definition) is 1. The summed E-state index contributed by atoms with van der Waals surface area (Å²) < 4.78 is 25.6. The van der Waals surface area contributed by atoms with Crippen LogP contribution >= 0.6 is 0 Å². The molecule has 0 radical (unpaired) electrons. The van der Waals surface area contributed by atoms with Crippen molar-refractivity contribution < 1.29 is 8.42 Å². The second-order valence-electron chi connectivity index (χ2n) is 3.92. The van der Waals surface area contributed by atoms with Crippen molar-refractivity contribution >= 4 is 10.0 Å². The molecule has 0 amide bonds. The molecule has 0 unspecified atom stereocenters. The van der Waals surface area contributed by atoms with Gasteiger partial charge in [-0.25, -0.2) is 12.7 Å². The summed E-state index contributed by atoms with van der Waals surface area (Å²) >= 11 is 0. The minimum Gasteiger partial charge on any atom is -0.320 e. The molecule has 6 heteroatoms. The smallest absolute Gasteiger partial charge is 0.242 e. The van der Waals surface area contributed by atoms with Crippen LogP contribution in [0.1, 0.15) is 12.0 Å². The van der Waals surface area contributed by atoms with Crippen LogP contribution in [-0.2, 0) is 10.0 Å². The van der Waals surface area contributed by atoms with E-state index < -0.39 is 10.0 Å². The third-order valence-electron chi connectivity index (χ3n) is 2.59. The van der Waals surface area contributed by atoms with Crippen molar-refractivity contribution in [2.45, 2.75) is 11.3 Å². The van der Waals surface area contributed by atoms with Crippen molar-refractivity contribution in [3.63, 3.8) is 0 Å². The maximum atomic E-state index is 12.1. The first-order valence-corrected chi connectivity index (χ1v) is 7.07. The van der Waals surface area contributed by atoms with E-state index in [4.69, 9.17) is 5.26 Å². The number of nitriles is 1. The molecular weight excluding hydrogens is 250 g/mol. The van der Waals surface area contributed by atoms with Gasteiger partial charge in [0.1, 0.15) is 0 Å². The minimum absolute atomic E-state index is 0.216. The monoisotopic (exact) mass is 267 g/mol. The summed E-state index contributed by atoms with van der Waals surface area (Å²) in [5.41, 5.74) is 0.451. The van der Waals surface area contributed by atoms with Gasteiger partial charge in [-0.15, -0.1) is 0 Å². The van der Waals surface area contributed by atoms with Gasteiger partial charge >= 0.3 is 0 Å². The Bertz CT molecular complexity index is 517. The number of nitrogens with one attached hydrogen (secondary N) is 1. The molecule has 0 aliphatic heterocycles. The third kappa shape index (κ3) is 3.53. The lowest BCUT2D eigenvalue weighted by Crippen LogP contribution is -2.29. The molecule has 5 nitrogen and oxygen atoms in total. The van der Waals surface area contributed by atoms with Gasteiger partial charge in [0.05, 0.1) is 16.5 Å². The van der Waals surface area contributed by atoms with Gasteiger partial charge in [-0.2, -0.15) is 5.26 Å². The Morgan fingerprint density at radius 3 is 2.44 bits per heavy atom. The Balaban J connectivity index is 2.81. The molecule has 1 rings (SSSR count). The van der Waals surface area contributed by atoms with Crippen LogP contribution in [0, 0.1) is 11.3 Å². The average Bonchev–Trinajstić information content (AvgIpc) is 2.39. The second kappa shape index (κ2) is 6.50. The molecule has 0 fully saturated rings. The van der Waals surface area contributed by atoms with E-state index in [1.807, 2.05) is 13.1 Å². The van der Waals surface area contributed by atoms with Gasteiger partial charge in [-0.05, 0) is 44.3 Å². The van der Waals surface area contributed by atoms with Gasteiger partial charge in [0.15, 0.2) is 0 Å². The summed E-state index contributed by atoms with van der Waals surface area (Å²) in [4.78, 5) is 0.216. The lowest BCUT2D eigenvalue weighted by Gasteiger charge is -2.17. The lowest BCUT2D eigenvalue weighted by molar-refractivity contribution is 0.458. The largest absolute Gasteiger partial charge is 0.320 e. The topological polar surface area (TPSA) is 73.2 Å². The Kier molecular flexibility index (Phi) is 5.28. The SMILES string of the molecule is CNCCCN(C)S(=O)(=O)c1ccc(C#N)cc1. The molecule has 1 N–H and O–H groups in total. The highest BCUT2D eigenvalue weighted by atomic mass is 32.2. The van der Waals surface area contributed by atoms with Crippen LogP contribution in [0.3, 0.4) is 0 Å². The van der Waals surface area contributed by atoms with E-state index in [0.717, 1.165) is 13.0 Å². The van der Waals surface area contributed by atoms with Crippen molar-refractivity contribution in [2.75, 3.05) is 27.2 Å². The van der Waals surface area contributed by atoms with Crippen LogP contribution in [0.25, 0.3) is 0 Å². The molecule has 98 valence electrons. The molecule has 0 aliphatic carbocycles. The fraction of sp³-hybridized carbons (Fsp3) is 0.417. The van der Waals surface area contributed by atoms with Gasteiger partial charge in [0.2, 0.25) is 10.0 Å². The van der Waals surface area contributed by atoms with E-state index in [-0.39, 0.29) is 4.90 Å². The molecule has 0 heterocycles. The van der Waals surface area contributed by atoms with E-state index in [9.17, 15) is 8.42 Å². The van der Waals surface area contributed by atoms with Crippen LogP contribution in [0.5, 0.6) is 0 Å². The van der Waals surface area contributed by atoms with Gasteiger partial charge in [0, 0.05) is 13.6 Å². The molecule has 0 saturated carbocycles.